The van der Waals surface area contributed by atoms with Crippen LogP contribution in [0.25, 0.3) is 0 Å². The minimum Gasteiger partial charge on any atom is -0.469 e. The van der Waals surface area contributed by atoms with E-state index in [2.05, 4.69) is 0 Å². The van der Waals surface area contributed by atoms with Gasteiger partial charge in [0.25, 0.3) is 5.91 Å². The molecule has 0 radical (unpaired) electrons. The number of aryl methyl sites for hydroxylation is 1. The van der Waals surface area contributed by atoms with Gasteiger partial charge < -0.3 is 14.1 Å². The number of piperidine rings is 1. The summed E-state index contributed by atoms with van der Waals surface area (Å²) in [6.45, 7) is 4.60. The number of carbonyl (C=O) groups excluding carboxylic acids is 1. The molecular weight excluding hydrogens is 344 g/mol. The maximum Gasteiger partial charge on any atom is 0.257 e. The van der Waals surface area contributed by atoms with E-state index < -0.39 is 10.0 Å². The van der Waals surface area contributed by atoms with E-state index in [4.69, 9.17) is 9.15 Å². The molecule has 7 nitrogen and oxygen atoms in total. The molecule has 25 heavy (non-hydrogen) atoms. The summed E-state index contributed by atoms with van der Waals surface area (Å²) >= 11 is 0. The van der Waals surface area contributed by atoms with E-state index in [9.17, 15) is 13.2 Å². The Kier molecular flexibility index (Phi) is 4.96. The minimum absolute atomic E-state index is 0.0117. The average Bonchev–Trinajstić information content (AvgIpc) is 3.13. The standard InChI is InChI=1S/C17H26N2O5S/c1-13-15(4-9-24-13)16(20)18-7-5-17(6-8-18)12-19(25(3,21)22)10-14(17)11-23-2/h4,9,14H,5-8,10-12H2,1-3H3. The van der Waals surface area contributed by atoms with Gasteiger partial charge in [0.15, 0.2) is 0 Å². The van der Waals surface area contributed by atoms with Crippen molar-refractivity contribution in [3.63, 3.8) is 0 Å². The molecule has 2 fully saturated rings. The van der Waals surface area contributed by atoms with Gasteiger partial charge in [0, 0.05) is 39.2 Å². The summed E-state index contributed by atoms with van der Waals surface area (Å²) in [5.74, 6) is 0.786. The predicted molar refractivity (Wildman–Crippen MR) is 92.8 cm³/mol. The highest BCUT2D eigenvalue weighted by Crippen LogP contribution is 2.45. The Hall–Kier alpha value is -1.38. The number of methoxy groups -OCH3 is 1. The summed E-state index contributed by atoms with van der Waals surface area (Å²) in [4.78, 5) is 14.5. The number of amides is 1. The number of sulfonamides is 1. The monoisotopic (exact) mass is 370 g/mol. The molecule has 3 rings (SSSR count). The molecule has 3 heterocycles. The molecule has 0 bridgehead atoms. The van der Waals surface area contributed by atoms with Crippen LogP contribution in [0, 0.1) is 18.3 Å². The molecule has 2 aliphatic heterocycles. The van der Waals surface area contributed by atoms with E-state index >= 15 is 0 Å². The van der Waals surface area contributed by atoms with Gasteiger partial charge in [-0.1, -0.05) is 0 Å². The summed E-state index contributed by atoms with van der Waals surface area (Å²) in [5, 5.41) is 0. The number of likely N-dealkylation sites (tertiary alicyclic amines) is 1. The van der Waals surface area contributed by atoms with Gasteiger partial charge in [-0.05, 0) is 31.2 Å². The number of nitrogens with zero attached hydrogens (tertiary/aromatic N) is 2. The van der Waals surface area contributed by atoms with Gasteiger partial charge in [-0.2, -0.15) is 0 Å². The minimum atomic E-state index is -3.22. The third-order valence-corrected chi connectivity index (χ3v) is 6.97. The van der Waals surface area contributed by atoms with E-state index in [0.717, 1.165) is 12.8 Å². The van der Waals surface area contributed by atoms with Crippen LogP contribution in [0.15, 0.2) is 16.7 Å². The summed E-state index contributed by atoms with van der Waals surface area (Å²) < 4.78 is 36.1. The first kappa shape index (κ1) is 18.4. The molecule has 0 N–H and O–H groups in total. The number of rotatable bonds is 4. The first-order valence-corrected chi connectivity index (χ1v) is 10.4. The van der Waals surface area contributed by atoms with E-state index in [0.29, 0.717) is 44.1 Å². The molecule has 8 heteroatoms. The molecule has 0 saturated carbocycles. The van der Waals surface area contributed by atoms with Crippen LogP contribution < -0.4 is 0 Å². The Balaban J connectivity index is 1.72. The molecule has 2 aliphatic rings. The van der Waals surface area contributed by atoms with Crippen molar-refractivity contribution in [3.05, 3.63) is 23.7 Å². The maximum atomic E-state index is 12.7. The zero-order valence-electron chi connectivity index (χ0n) is 15.0. The Morgan fingerprint density at radius 2 is 2.08 bits per heavy atom. The zero-order valence-corrected chi connectivity index (χ0v) is 15.8. The molecule has 1 amide bonds. The van der Waals surface area contributed by atoms with Gasteiger partial charge in [0.2, 0.25) is 10.0 Å². The molecule has 0 aromatic carbocycles. The molecular formula is C17H26N2O5S. The fourth-order valence-corrected chi connectivity index (χ4v) is 5.11. The molecule has 140 valence electrons. The number of carbonyl (C=O) groups is 1. The second-order valence-electron chi connectivity index (χ2n) is 7.25. The van der Waals surface area contributed by atoms with Gasteiger partial charge in [-0.3, -0.25) is 4.79 Å². The molecule has 2 saturated heterocycles. The Morgan fingerprint density at radius 3 is 2.60 bits per heavy atom. The highest BCUT2D eigenvalue weighted by Gasteiger charge is 2.50. The third kappa shape index (κ3) is 3.47. The van der Waals surface area contributed by atoms with Crippen molar-refractivity contribution < 1.29 is 22.4 Å². The van der Waals surface area contributed by atoms with Gasteiger partial charge in [-0.25, -0.2) is 12.7 Å². The van der Waals surface area contributed by atoms with Crippen LogP contribution in [-0.2, 0) is 14.8 Å². The summed E-state index contributed by atoms with van der Waals surface area (Å²) in [6.07, 6.45) is 4.37. The number of hydrogen-bond donors (Lipinski definition) is 0. The van der Waals surface area contributed by atoms with Crippen molar-refractivity contribution in [3.8, 4) is 0 Å². The van der Waals surface area contributed by atoms with Crippen molar-refractivity contribution in [1.29, 1.82) is 0 Å². The molecule has 1 atom stereocenters. The normalized spacial score (nSPS) is 24.1. The molecule has 1 aromatic rings. The predicted octanol–water partition coefficient (Wildman–Crippen LogP) is 1.35. The van der Waals surface area contributed by atoms with Crippen LogP contribution in [0.2, 0.25) is 0 Å². The molecule has 1 unspecified atom stereocenters. The molecule has 1 aromatic heterocycles. The van der Waals surface area contributed by atoms with Gasteiger partial charge in [0.05, 0.1) is 24.7 Å². The summed E-state index contributed by atoms with van der Waals surface area (Å²) in [5.41, 5.74) is 0.495. The molecule has 0 aliphatic carbocycles. The number of hydrogen-bond acceptors (Lipinski definition) is 5. The van der Waals surface area contributed by atoms with Gasteiger partial charge in [-0.15, -0.1) is 0 Å². The van der Waals surface area contributed by atoms with Crippen LogP contribution in [0.3, 0.4) is 0 Å². The Morgan fingerprint density at radius 1 is 1.40 bits per heavy atom. The van der Waals surface area contributed by atoms with Crippen molar-refractivity contribution in [2.24, 2.45) is 11.3 Å². The van der Waals surface area contributed by atoms with E-state index in [1.807, 2.05) is 4.90 Å². The number of ether oxygens (including phenoxy) is 1. The molecule has 1 spiro atoms. The van der Waals surface area contributed by atoms with Crippen LogP contribution >= 0.6 is 0 Å². The quantitative estimate of drug-likeness (QED) is 0.799. The highest BCUT2D eigenvalue weighted by atomic mass is 32.2. The Bertz CT molecular complexity index is 734. The fraction of sp³-hybridized carbons (Fsp3) is 0.706. The van der Waals surface area contributed by atoms with Crippen LogP contribution in [0.4, 0.5) is 0 Å². The van der Waals surface area contributed by atoms with Crippen molar-refractivity contribution in [2.75, 3.05) is 46.2 Å². The maximum absolute atomic E-state index is 12.7. The lowest BCUT2D eigenvalue weighted by Crippen LogP contribution is -2.47. The van der Waals surface area contributed by atoms with Gasteiger partial charge in [0.1, 0.15) is 5.76 Å². The number of furan rings is 1. The fourth-order valence-electron chi connectivity index (χ4n) is 4.17. The lowest BCUT2D eigenvalue weighted by molar-refractivity contribution is 0.0326. The highest BCUT2D eigenvalue weighted by molar-refractivity contribution is 7.88. The van der Waals surface area contributed by atoms with Crippen LogP contribution in [0.1, 0.15) is 29.0 Å². The lowest BCUT2D eigenvalue weighted by Gasteiger charge is -2.42. The second-order valence-corrected chi connectivity index (χ2v) is 9.24. The SMILES string of the molecule is COCC1CN(S(C)(=O)=O)CC12CCN(C(=O)c1ccoc1C)CC2. The van der Waals surface area contributed by atoms with E-state index in [-0.39, 0.29) is 17.2 Å². The van der Waals surface area contributed by atoms with Crippen molar-refractivity contribution >= 4 is 15.9 Å². The summed E-state index contributed by atoms with van der Waals surface area (Å²) in [7, 11) is -1.57. The first-order valence-electron chi connectivity index (χ1n) is 8.54. The van der Waals surface area contributed by atoms with E-state index in [1.165, 1.54) is 12.5 Å². The van der Waals surface area contributed by atoms with Gasteiger partial charge >= 0.3 is 0 Å². The van der Waals surface area contributed by atoms with Crippen molar-refractivity contribution in [1.82, 2.24) is 9.21 Å². The largest absolute Gasteiger partial charge is 0.469 e. The average molecular weight is 370 g/mol. The first-order chi connectivity index (χ1) is 11.8. The lowest BCUT2D eigenvalue weighted by atomic mass is 9.71. The van der Waals surface area contributed by atoms with Crippen LogP contribution in [0.5, 0.6) is 0 Å². The van der Waals surface area contributed by atoms with Crippen molar-refractivity contribution in [2.45, 2.75) is 19.8 Å². The van der Waals surface area contributed by atoms with E-state index in [1.54, 1.807) is 24.4 Å². The zero-order chi connectivity index (χ0) is 18.2. The van der Waals surface area contributed by atoms with Crippen LogP contribution in [-0.4, -0.2) is 69.7 Å². The topological polar surface area (TPSA) is 80.1 Å². The summed E-state index contributed by atoms with van der Waals surface area (Å²) in [6, 6.07) is 1.71. The smallest absolute Gasteiger partial charge is 0.257 e. The second kappa shape index (κ2) is 6.74. The third-order valence-electron chi connectivity index (χ3n) is 5.75. The Labute approximate surface area is 149 Å².